The van der Waals surface area contributed by atoms with Crippen molar-refractivity contribution in [3.63, 3.8) is 0 Å². The maximum atomic E-state index is 12.9. The molecule has 14 heavy (non-hydrogen) atoms. The van der Waals surface area contributed by atoms with Gasteiger partial charge in [-0.2, -0.15) is 0 Å². The van der Waals surface area contributed by atoms with Gasteiger partial charge in [0.05, 0.1) is 6.54 Å². The molecule has 0 aromatic carbocycles. The zero-order chi connectivity index (χ0) is 10.6. The summed E-state index contributed by atoms with van der Waals surface area (Å²) in [4.78, 5) is 12.4. The van der Waals surface area contributed by atoms with Crippen LogP contribution >= 0.6 is 0 Å². The van der Waals surface area contributed by atoms with Crippen molar-refractivity contribution in [1.29, 1.82) is 0 Å². The lowest BCUT2D eigenvalue weighted by molar-refractivity contribution is -0.117. The van der Waals surface area contributed by atoms with Gasteiger partial charge in [-0.25, -0.2) is 8.78 Å². The highest BCUT2D eigenvalue weighted by atomic mass is 19.3. The Kier molecular flexibility index (Phi) is 3.98. The summed E-state index contributed by atoms with van der Waals surface area (Å²) in [5, 5.41) is 0. The number of halogens is 2. The summed E-state index contributed by atoms with van der Waals surface area (Å²) in [7, 11) is 0. The van der Waals surface area contributed by atoms with Crippen molar-refractivity contribution < 1.29 is 13.6 Å². The molecule has 1 aliphatic rings. The normalized spacial score (nSPS) is 22.2. The van der Waals surface area contributed by atoms with Crippen LogP contribution in [0.1, 0.15) is 32.6 Å². The van der Waals surface area contributed by atoms with Crippen molar-refractivity contribution in [2.75, 3.05) is 19.6 Å². The summed E-state index contributed by atoms with van der Waals surface area (Å²) in [6.45, 7) is 2.76. The van der Waals surface area contributed by atoms with Crippen LogP contribution < -0.4 is 0 Å². The fourth-order valence-electron chi connectivity index (χ4n) is 1.79. The standard InChI is InChI=1S/C10H17F2NO/c1-9(14)4-2-6-13-7-3-5-10(11,12)8-13/h2-8H2,1H3. The minimum atomic E-state index is -2.52. The Labute approximate surface area is 83.3 Å². The van der Waals surface area contributed by atoms with Crippen molar-refractivity contribution in [3.05, 3.63) is 0 Å². The lowest BCUT2D eigenvalue weighted by Gasteiger charge is -2.32. The third-order valence-electron chi connectivity index (χ3n) is 2.47. The number of piperidine rings is 1. The van der Waals surface area contributed by atoms with Gasteiger partial charge in [-0.3, -0.25) is 4.90 Å². The Morgan fingerprint density at radius 1 is 1.50 bits per heavy atom. The predicted molar refractivity (Wildman–Crippen MR) is 50.5 cm³/mol. The summed E-state index contributed by atoms with van der Waals surface area (Å²) < 4.78 is 25.9. The Morgan fingerprint density at radius 3 is 2.79 bits per heavy atom. The van der Waals surface area contributed by atoms with Crippen molar-refractivity contribution in [1.82, 2.24) is 4.90 Å². The third-order valence-corrected chi connectivity index (χ3v) is 2.47. The van der Waals surface area contributed by atoms with Gasteiger partial charge in [-0.1, -0.05) is 0 Å². The minimum absolute atomic E-state index is 0.0101. The van der Waals surface area contributed by atoms with Crippen molar-refractivity contribution in [2.45, 2.75) is 38.5 Å². The van der Waals surface area contributed by atoms with Crippen LogP contribution in [-0.2, 0) is 4.79 Å². The molecule has 2 nitrogen and oxygen atoms in total. The van der Waals surface area contributed by atoms with Crippen molar-refractivity contribution in [3.8, 4) is 0 Å². The largest absolute Gasteiger partial charge is 0.300 e. The van der Waals surface area contributed by atoms with Gasteiger partial charge < -0.3 is 4.79 Å². The molecule has 0 aromatic heterocycles. The maximum absolute atomic E-state index is 12.9. The number of Topliss-reactive ketones (excluding diaryl/α,β-unsaturated/α-hetero) is 1. The summed E-state index contributed by atoms with van der Waals surface area (Å²) in [6.07, 6.45) is 1.77. The van der Waals surface area contributed by atoms with Crippen LogP contribution in [0.5, 0.6) is 0 Å². The molecule has 0 atom stereocenters. The average Bonchev–Trinajstić information content (AvgIpc) is 2.01. The Balaban J connectivity index is 2.21. The second-order valence-electron chi connectivity index (χ2n) is 4.04. The van der Waals surface area contributed by atoms with Gasteiger partial charge in [0.15, 0.2) is 0 Å². The topological polar surface area (TPSA) is 20.3 Å². The molecular weight excluding hydrogens is 188 g/mol. The summed E-state index contributed by atoms with van der Waals surface area (Å²) in [6, 6.07) is 0. The van der Waals surface area contributed by atoms with E-state index in [1.165, 1.54) is 6.92 Å². The van der Waals surface area contributed by atoms with Crippen LogP contribution in [0.2, 0.25) is 0 Å². The molecule has 82 valence electrons. The first kappa shape index (κ1) is 11.6. The number of alkyl halides is 2. The van der Waals surface area contributed by atoms with E-state index in [-0.39, 0.29) is 18.7 Å². The highest BCUT2D eigenvalue weighted by Gasteiger charge is 2.34. The Morgan fingerprint density at radius 2 is 2.21 bits per heavy atom. The zero-order valence-corrected chi connectivity index (χ0v) is 8.56. The van der Waals surface area contributed by atoms with Crippen LogP contribution in [0.3, 0.4) is 0 Å². The zero-order valence-electron chi connectivity index (χ0n) is 8.56. The number of likely N-dealkylation sites (tertiary alicyclic amines) is 1. The van der Waals surface area contributed by atoms with Gasteiger partial charge in [0.1, 0.15) is 5.78 Å². The Bertz CT molecular complexity index is 206. The fraction of sp³-hybridized carbons (Fsp3) is 0.900. The number of ketones is 1. The van der Waals surface area contributed by atoms with Crippen molar-refractivity contribution >= 4 is 5.78 Å². The molecule has 1 rings (SSSR count). The molecule has 0 radical (unpaired) electrons. The van der Waals surface area contributed by atoms with E-state index in [1.807, 2.05) is 0 Å². The second-order valence-corrected chi connectivity index (χ2v) is 4.04. The first-order valence-electron chi connectivity index (χ1n) is 5.09. The molecule has 0 N–H and O–H groups in total. The van der Waals surface area contributed by atoms with E-state index in [0.29, 0.717) is 25.8 Å². The highest BCUT2D eigenvalue weighted by molar-refractivity contribution is 5.75. The second kappa shape index (κ2) is 4.82. The van der Waals surface area contributed by atoms with Gasteiger partial charge >= 0.3 is 0 Å². The van der Waals surface area contributed by atoms with Gasteiger partial charge in [-0.15, -0.1) is 0 Å². The number of carbonyl (C=O) groups excluding carboxylic acids is 1. The van der Waals surface area contributed by atoms with Crippen LogP contribution in [-0.4, -0.2) is 36.2 Å². The molecular formula is C10H17F2NO. The van der Waals surface area contributed by atoms with E-state index in [4.69, 9.17) is 0 Å². The number of carbonyl (C=O) groups is 1. The summed E-state index contributed by atoms with van der Waals surface area (Å²) in [5.74, 6) is -2.39. The van der Waals surface area contributed by atoms with E-state index in [0.717, 1.165) is 6.54 Å². The number of hydrogen-bond donors (Lipinski definition) is 0. The quantitative estimate of drug-likeness (QED) is 0.700. The van der Waals surface area contributed by atoms with E-state index < -0.39 is 5.92 Å². The molecule has 0 bridgehead atoms. The van der Waals surface area contributed by atoms with Gasteiger partial charge in [-0.05, 0) is 32.9 Å². The fourth-order valence-corrected chi connectivity index (χ4v) is 1.79. The monoisotopic (exact) mass is 205 g/mol. The predicted octanol–water partition coefficient (Wildman–Crippen LogP) is 2.09. The molecule has 1 heterocycles. The lowest BCUT2D eigenvalue weighted by Crippen LogP contribution is -2.42. The molecule has 0 unspecified atom stereocenters. The maximum Gasteiger partial charge on any atom is 0.260 e. The summed E-state index contributed by atoms with van der Waals surface area (Å²) in [5.41, 5.74) is 0. The molecule has 1 aliphatic heterocycles. The van der Waals surface area contributed by atoms with E-state index in [9.17, 15) is 13.6 Å². The summed E-state index contributed by atoms with van der Waals surface area (Å²) >= 11 is 0. The van der Waals surface area contributed by atoms with Crippen LogP contribution in [0.15, 0.2) is 0 Å². The minimum Gasteiger partial charge on any atom is -0.300 e. The Hall–Kier alpha value is -0.510. The van der Waals surface area contributed by atoms with E-state index >= 15 is 0 Å². The molecule has 0 spiro atoms. The molecule has 0 amide bonds. The number of rotatable bonds is 4. The first-order valence-corrected chi connectivity index (χ1v) is 5.09. The smallest absolute Gasteiger partial charge is 0.260 e. The van der Waals surface area contributed by atoms with E-state index in [1.54, 1.807) is 4.90 Å². The highest BCUT2D eigenvalue weighted by Crippen LogP contribution is 2.26. The molecule has 1 saturated heterocycles. The molecule has 4 heteroatoms. The first-order chi connectivity index (χ1) is 6.49. The molecule has 0 saturated carbocycles. The average molecular weight is 205 g/mol. The van der Waals surface area contributed by atoms with Crippen molar-refractivity contribution in [2.24, 2.45) is 0 Å². The van der Waals surface area contributed by atoms with Crippen LogP contribution in [0, 0.1) is 0 Å². The number of hydrogen-bond acceptors (Lipinski definition) is 2. The number of nitrogens with zero attached hydrogens (tertiary/aromatic N) is 1. The van der Waals surface area contributed by atoms with Crippen LogP contribution in [0.4, 0.5) is 8.78 Å². The van der Waals surface area contributed by atoms with Gasteiger partial charge in [0, 0.05) is 12.8 Å². The molecule has 0 aliphatic carbocycles. The molecule has 1 fully saturated rings. The van der Waals surface area contributed by atoms with Gasteiger partial charge in [0.25, 0.3) is 5.92 Å². The van der Waals surface area contributed by atoms with Crippen LogP contribution in [0.25, 0.3) is 0 Å². The van der Waals surface area contributed by atoms with E-state index in [2.05, 4.69) is 0 Å². The SMILES string of the molecule is CC(=O)CCCN1CCCC(F)(F)C1. The lowest BCUT2D eigenvalue weighted by atomic mass is 10.1. The van der Waals surface area contributed by atoms with Gasteiger partial charge in [0.2, 0.25) is 0 Å². The molecule has 0 aromatic rings. The third kappa shape index (κ3) is 4.13.